The third-order valence-electron chi connectivity index (χ3n) is 1.81. The first-order valence-electron chi connectivity index (χ1n) is 5.08. The van der Waals surface area contributed by atoms with Crippen molar-refractivity contribution in [3.63, 3.8) is 0 Å². The minimum atomic E-state index is -0.324. The molecule has 0 atom stereocenters. The van der Waals surface area contributed by atoms with E-state index >= 15 is 0 Å². The molecular weight excluding hydrogens is 196 g/mol. The average Bonchev–Trinajstić information content (AvgIpc) is 2.71. The van der Waals surface area contributed by atoms with Gasteiger partial charge in [0, 0.05) is 0 Å². The van der Waals surface area contributed by atoms with Gasteiger partial charge in [-0.2, -0.15) is 0 Å². The molecule has 15 heavy (non-hydrogen) atoms. The third-order valence-corrected chi connectivity index (χ3v) is 1.81. The lowest BCUT2D eigenvalue weighted by Gasteiger charge is -2.03. The first kappa shape index (κ1) is 11.8. The lowest BCUT2D eigenvalue weighted by molar-refractivity contribution is -0.149. The fourth-order valence-corrected chi connectivity index (χ4v) is 1.00. The molecule has 0 fully saturated rings. The second-order valence-corrected chi connectivity index (χ2v) is 3.15. The predicted molar refractivity (Wildman–Crippen MR) is 54.2 cm³/mol. The normalized spacial score (nSPS) is 10.2. The van der Waals surface area contributed by atoms with E-state index < -0.39 is 0 Å². The van der Waals surface area contributed by atoms with Crippen molar-refractivity contribution < 1.29 is 18.7 Å². The fourth-order valence-electron chi connectivity index (χ4n) is 1.00. The van der Waals surface area contributed by atoms with E-state index in [1.165, 1.54) is 0 Å². The molecule has 0 spiro atoms. The molecule has 0 aliphatic heterocycles. The van der Waals surface area contributed by atoms with Gasteiger partial charge in [0.1, 0.15) is 19.0 Å². The van der Waals surface area contributed by atoms with E-state index in [-0.39, 0.29) is 12.6 Å². The average molecular weight is 212 g/mol. The summed E-state index contributed by atoms with van der Waals surface area (Å²) >= 11 is 0. The maximum atomic E-state index is 11.1. The molecule has 0 aliphatic carbocycles. The summed E-state index contributed by atoms with van der Waals surface area (Å²) in [5, 5.41) is 0. The lowest BCUT2D eigenvalue weighted by atomic mass is 10.4. The summed E-state index contributed by atoms with van der Waals surface area (Å²) in [6.07, 6.45) is 3.47. The topological polar surface area (TPSA) is 48.7 Å². The Morgan fingerprint density at radius 2 is 2.40 bits per heavy atom. The molecule has 0 aromatic carbocycles. The molecule has 1 aromatic heterocycles. The van der Waals surface area contributed by atoms with E-state index in [9.17, 15) is 4.79 Å². The third kappa shape index (κ3) is 5.22. The molecule has 4 heteroatoms. The Balaban J connectivity index is 2.02. The van der Waals surface area contributed by atoms with Gasteiger partial charge >= 0.3 is 5.97 Å². The second-order valence-electron chi connectivity index (χ2n) is 3.15. The molecular formula is C11H16O4. The Hall–Kier alpha value is -1.29. The molecule has 0 aliphatic rings. The van der Waals surface area contributed by atoms with Gasteiger partial charge < -0.3 is 13.9 Å². The van der Waals surface area contributed by atoms with Crippen LogP contribution in [0, 0.1) is 0 Å². The maximum absolute atomic E-state index is 11.1. The van der Waals surface area contributed by atoms with Crippen molar-refractivity contribution in [3.05, 3.63) is 24.2 Å². The number of unbranched alkanes of at least 4 members (excludes halogenated alkanes) is 1. The SMILES string of the molecule is CCCCOC(=O)COCc1ccco1. The first-order chi connectivity index (χ1) is 7.33. The summed E-state index contributed by atoms with van der Waals surface area (Å²) in [6, 6.07) is 3.57. The minimum Gasteiger partial charge on any atom is -0.467 e. The summed E-state index contributed by atoms with van der Waals surface area (Å²) < 4.78 is 15.0. The van der Waals surface area contributed by atoms with Crippen LogP contribution < -0.4 is 0 Å². The number of ether oxygens (including phenoxy) is 2. The van der Waals surface area contributed by atoms with Crippen LogP contribution in [0.2, 0.25) is 0 Å². The number of carbonyl (C=O) groups is 1. The highest BCUT2D eigenvalue weighted by Gasteiger charge is 2.03. The molecule has 0 unspecified atom stereocenters. The zero-order valence-corrected chi connectivity index (χ0v) is 8.90. The highest BCUT2D eigenvalue weighted by atomic mass is 16.6. The molecule has 0 bridgehead atoms. The first-order valence-corrected chi connectivity index (χ1v) is 5.08. The molecule has 1 rings (SSSR count). The van der Waals surface area contributed by atoms with Crippen LogP contribution in [-0.2, 0) is 20.9 Å². The van der Waals surface area contributed by atoms with Gasteiger partial charge in [0.2, 0.25) is 0 Å². The van der Waals surface area contributed by atoms with Gasteiger partial charge in [0.25, 0.3) is 0 Å². The predicted octanol–water partition coefficient (Wildman–Crippen LogP) is 2.14. The van der Waals surface area contributed by atoms with Gasteiger partial charge in [0.05, 0.1) is 12.9 Å². The molecule has 84 valence electrons. The van der Waals surface area contributed by atoms with Crippen LogP contribution in [0.4, 0.5) is 0 Å². The van der Waals surface area contributed by atoms with Gasteiger partial charge in [-0.1, -0.05) is 13.3 Å². The maximum Gasteiger partial charge on any atom is 0.332 e. The van der Waals surface area contributed by atoms with Crippen LogP contribution in [-0.4, -0.2) is 19.2 Å². The van der Waals surface area contributed by atoms with Crippen LogP contribution in [0.25, 0.3) is 0 Å². The highest BCUT2D eigenvalue weighted by molar-refractivity contribution is 5.70. The van der Waals surface area contributed by atoms with Gasteiger partial charge in [-0.15, -0.1) is 0 Å². The van der Waals surface area contributed by atoms with Crippen molar-refractivity contribution in [2.75, 3.05) is 13.2 Å². The summed E-state index contributed by atoms with van der Waals surface area (Å²) in [5.41, 5.74) is 0. The molecule has 0 saturated heterocycles. The molecule has 1 heterocycles. The van der Waals surface area contributed by atoms with Crippen LogP contribution in [0.5, 0.6) is 0 Å². The van der Waals surface area contributed by atoms with Gasteiger partial charge in [0.15, 0.2) is 0 Å². The number of furan rings is 1. The largest absolute Gasteiger partial charge is 0.467 e. The smallest absolute Gasteiger partial charge is 0.332 e. The summed E-state index contributed by atoms with van der Waals surface area (Å²) in [6.45, 7) is 2.79. The van der Waals surface area contributed by atoms with Crippen LogP contribution in [0.15, 0.2) is 22.8 Å². The number of hydrogen-bond donors (Lipinski definition) is 0. The van der Waals surface area contributed by atoms with Crippen molar-refractivity contribution >= 4 is 5.97 Å². The van der Waals surface area contributed by atoms with Crippen molar-refractivity contribution in [1.29, 1.82) is 0 Å². The number of esters is 1. The van der Waals surface area contributed by atoms with Crippen molar-refractivity contribution in [2.45, 2.75) is 26.4 Å². The Kier molecular flexibility index (Phi) is 5.55. The lowest BCUT2D eigenvalue weighted by Crippen LogP contribution is -2.13. The molecule has 0 saturated carbocycles. The molecule has 1 aromatic rings. The zero-order chi connectivity index (χ0) is 10.9. The van der Waals surface area contributed by atoms with Crippen LogP contribution in [0.1, 0.15) is 25.5 Å². The Bertz CT molecular complexity index is 266. The molecule has 4 nitrogen and oxygen atoms in total. The van der Waals surface area contributed by atoms with E-state index in [1.54, 1.807) is 18.4 Å². The summed E-state index contributed by atoms with van der Waals surface area (Å²) in [7, 11) is 0. The van der Waals surface area contributed by atoms with Crippen LogP contribution >= 0.6 is 0 Å². The van der Waals surface area contributed by atoms with Crippen molar-refractivity contribution in [1.82, 2.24) is 0 Å². The van der Waals surface area contributed by atoms with E-state index in [0.717, 1.165) is 12.8 Å². The van der Waals surface area contributed by atoms with Crippen molar-refractivity contribution in [3.8, 4) is 0 Å². The monoisotopic (exact) mass is 212 g/mol. The zero-order valence-electron chi connectivity index (χ0n) is 8.90. The number of carbonyl (C=O) groups excluding carboxylic acids is 1. The van der Waals surface area contributed by atoms with Gasteiger partial charge in [-0.05, 0) is 18.6 Å². The minimum absolute atomic E-state index is 0.0234. The summed E-state index contributed by atoms with van der Waals surface area (Å²) in [5.74, 6) is 0.381. The van der Waals surface area contributed by atoms with E-state index in [1.807, 2.05) is 6.92 Å². The van der Waals surface area contributed by atoms with E-state index in [4.69, 9.17) is 13.9 Å². The Morgan fingerprint density at radius 3 is 3.07 bits per heavy atom. The quantitative estimate of drug-likeness (QED) is 0.513. The summed E-state index contributed by atoms with van der Waals surface area (Å²) in [4.78, 5) is 11.1. The van der Waals surface area contributed by atoms with Crippen LogP contribution in [0.3, 0.4) is 0 Å². The molecule has 0 radical (unpaired) electrons. The fraction of sp³-hybridized carbons (Fsp3) is 0.545. The second kappa shape index (κ2) is 7.06. The molecule has 0 N–H and O–H groups in total. The number of rotatable bonds is 7. The number of hydrogen-bond acceptors (Lipinski definition) is 4. The highest BCUT2D eigenvalue weighted by Crippen LogP contribution is 2.01. The van der Waals surface area contributed by atoms with Crippen molar-refractivity contribution in [2.24, 2.45) is 0 Å². The van der Waals surface area contributed by atoms with E-state index in [0.29, 0.717) is 19.0 Å². The van der Waals surface area contributed by atoms with Gasteiger partial charge in [-0.25, -0.2) is 4.79 Å². The Morgan fingerprint density at radius 1 is 1.53 bits per heavy atom. The van der Waals surface area contributed by atoms with E-state index in [2.05, 4.69) is 0 Å². The Labute approximate surface area is 89.2 Å². The molecule has 0 amide bonds. The van der Waals surface area contributed by atoms with Gasteiger partial charge in [-0.3, -0.25) is 0 Å². The standard InChI is InChI=1S/C11H16O4/c1-2-3-6-15-11(12)9-13-8-10-5-4-7-14-10/h4-5,7H,2-3,6,8-9H2,1H3.